The van der Waals surface area contributed by atoms with Gasteiger partial charge in [-0.1, -0.05) is 12.1 Å². The van der Waals surface area contributed by atoms with Gasteiger partial charge >= 0.3 is 5.97 Å². The molecule has 6 nitrogen and oxygen atoms in total. The fourth-order valence-electron chi connectivity index (χ4n) is 1.80. The van der Waals surface area contributed by atoms with Gasteiger partial charge in [-0.2, -0.15) is 0 Å². The van der Waals surface area contributed by atoms with E-state index in [-0.39, 0.29) is 17.3 Å². The van der Waals surface area contributed by atoms with E-state index in [1.54, 1.807) is 43.1 Å². The molecule has 1 aromatic carbocycles. The quantitative estimate of drug-likeness (QED) is 0.710. The van der Waals surface area contributed by atoms with Crippen LogP contribution in [0.3, 0.4) is 0 Å². The van der Waals surface area contributed by atoms with E-state index in [0.717, 1.165) is 0 Å². The van der Waals surface area contributed by atoms with Crippen LogP contribution in [0.4, 0.5) is 5.69 Å². The molecule has 0 aliphatic rings. The lowest BCUT2D eigenvalue weighted by molar-refractivity contribution is -0.142. The lowest BCUT2D eigenvalue weighted by Crippen LogP contribution is -2.27. The highest BCUT2D eigenvalue weighted by Gasteiger charge is 2.22. The number of rotatable bonds is 7. The minimum atomic E-state index is -3.53. The molecule has 0 fully saturated rings. The Labute approximate surface area is 126 Å². The van der Waals surface area contributed by atoms with Crippen LogP contribution < -0.4 is 4.90 Å². The minimum absolute atomic E-state index is 0.209. The molecule has 1 aromatic rings. The van der Waals surface area contributed by atoms with Crippen LogP contribution in [0.5, 0.6) is 0 Å². The second-order valence-corrected chi connectivity index (χ2v) is 6.85. The lowest BCUT2D eigenvalue weighted by Gasteiger charge is -2.23. The molecule has 118 valence electrons. The first-order chi connectivity index (χ1) is 9.80. The smallest absolute Gasteiger partial charge is 0.307 e. The Balaban J connectivity index is 2.96. The first-order valence-electron chi connectivity index (χ1n) is 6.69. The number of anilines is 1. The summed E-state index contributed by atoms with van der Waals surface area (Å²) in [5.41, 5.74) is 0.565. The molecule has 0 amide bonds. The van der Waals surface area contributed by atoms with Crippen LogP contribution in [0.15, 0.2) is 29.2 Å². The number of ether oxygens (including phenoxy) is 1. The summed E-state index contributed by atoms with van der Waals surface area (Å²) in [6, 6.07) is 6.73. The molecular formula is C14H22N2O4S. The fourth-order valence-corrected chi connectivity index (χ4v) is 2.93. The Kier molecular flexibility index (Phi) is 6.17. The zero-order chi connectivity index (χ0) is 16.0. The monoisotopic (exact) mass is 314 g/mol. The number of carbonyl (C=O) groups is 1. The maximum atomic E-state index is 12.3. The van der Waals surface area contributed by atoms with Crippen LogP contribution in [-0.2, 0) is 19.6 Å². The van der Waals surface area contributed by atoms with E-state index < -0.39 is 10.0 Å². The van der Waals surface area contributed by atoms with Crippen molar-refractivity contribution in [3.63, 3.8) is 0 Å². The van der Waals surface area contributed by atoms with E-state index in [1.165, 1.54) is 18.4 Å². The summed E-state index contributed by atoms with van der Waals surface area (Å²) in [6.45, 7) is 2.48. The van der Waals surface area contributed by atoms with Crippen LogP contribution in [0.25, 0.3) is 0 Å². The highest BCUT2D eigenvalue weighted by Crippen LogP contribution is 2.26. The standard InChI is InChI=1S/C14H22N2O4S/c1-5-20-14(17)10-11-16(4)12-8-6-7-9-13(12)21(18,19)15(2)3/h6-9H,5,10-11H2,1-4H3. The van der Waals surface area contributed by atoms with Crippen LogP contribution >= 0.6 is 0 Å². The largest absolute Gasteiger partial charge is 0.466 e. The van der Waals surface area contributed by atoms with E-state index in [4.69, 9.17) is 4.74 Å². The molecule has 0 unspecified atom stereocenters. The molecule has 0 radical (unpaired) electrons. The minimum Gasteiger partial charge on any atom is -0.466 e. The van der Waals surface area contributed by atoms with Gasteiger partial charge in [0.2, 0.25) is 10.0 Å². The molecule has 0 saturated carbocycles. The average molecular weight is 314 g/mol. The van der Waals surface area contributed by atoms with Gasteiger partial charge in [0.25, 0.3) is 0 Å². The Morgan fingerprint density at radius 2 is 1.81 bits per heavy atom. The molecule has 0 N–H and O–H groups in total. The van der Waals surface area contributed by atoms with Gasteiger partial charge in [-0.15, -0.1) is 0 Å². The molecule has 7 heteroatoms. The zero-order valence-corrected chi connectivity index (χ0v) is 13.7. The summed E-state index contributed by atoms with van der Waals surface area (Å²) in [6.07, 6.45) is 0.209. The van der Waals surface area contributed by atoms with E-state index in [1.807, 2.05) is 0 Å². The molecule has 1 rings (SSSR count). The zero-order valence-electron chi connectivity index (χ0n) is 12.9. The van der Waals surface area contributed by atoms with Gasteiger partial charge in [0, 0.05) is 27.7 Å². The molecule has 0 aliphatic carbocycles. The Bertz CT molecular complexity index is 584. The van der Waals surface area contributed by atoms with E-state index in [2.05, 4.69) is 0 Å². The molecule has 0 atom stereocenters. The van der Waals surface area contributed by atoms with Gasteiger partial charge in [-0.3, -0.25) is 4.79 Å². The van der Waals surface area contributed by atoms with Gasteiger partial charge in [0.15, 0.2) is 0 Å². The Morgan fingerprint density at radius 1 is 1.19 bits per heavy atom. The average Bonchev–Trinajstić information content (AvgIpc) is 2.45. The second-order valence-electron chi connectivity index (χ2n) is 4.73. The molecule has 0 aromatic heterocycles. The maximum Gasteiger partial charge on any atom is 0.307 e. The third-order valence-corrected chi connectivity index (χ3v) is 4.85. The SMILES string of the molecule is CCOC(=O)CCN(C)c1ccccc1S(=O)(=O)N(C)C. The van der Waals surface area contributed by atoms with Crippen LogP contribution in [0, 0.1) is 0 Å². The summed E-state index contributed by atoms with van der Waals surface area (Å²) in [5.74, 6) is -0.294. The summed E-state index contributed by atoms with van der Waals surface area (Å²) >= 11 is 0. The summed E-state index contributed by atoms with van der Waals surface area (Å²) in [5, 5.41) is 0. The van der Waals surface area contributed by atoms with Crippen molar-refractivity contribution in [1.82, 2.24) is 4.31 Å². The van der Waals surface area contributed by atoms with Gasteiger partial charge in [0.1, 0.15) is 4.90 Å². The summed E-state index contributed by atoms with van der Waals surface area (Å²) in [4.78, 5) is 13.4. The molecule has 0 bridgehead atoms. The van der Waals surface area contributed by atoms with Gasteiger partial charge in [-0.25, -0.2) is 12.7 Å². The first-order valence-corrected chi connectivity index (χ1v) is 8.13. The third-order valence-electron chi connectivity index (χ3n) is 2.99. The Morgan fingerprint density at radius 3 is 2.38 bits per heavy atom. The van der Waals surface area contributed by atoms with Crippen molar-refractivity contribution in [3.05, 3.63) is 24.3 Å². The highest BCUT2D eigenvalue weighted by molar-refractivity contribution is 7.89. The van der Waals surface area contributed by atoms with Crippen molar-refractivity contribution >= 4 is 21.7 Å². The third kappa shape index (κ3) is 4.44. The molecule has 0 heterocycles. The maximum absolute atomic E-state index is 12.3. The molecule has 0 aliphatic heterocycles. The van der Waals surface area contributed by atoms with Crippen molar-refractivity contribution in [3.8, 4) is 0 Å². The number of esters is 1. The molecule has 0 spiro atoms. The van der Waals surface area contributed by atoms with E-state index in [9.17, 15) is 13.2 Å². The number of carbonyl (C=O) groups excluding carboxylic acids is 1. The molecular weight excluding hydrogens is 292 g/mol. The normalized spacial score (nSPS) is 11.5. The molecule has 21 heavy (non-hydrogen) atoms. The van der Waals surface area contributed by atoms with Gasteiger partial charge < -0.3 is 9.64 Å². The van der Waals surface area contributed by atoms with Crippen molar-refractivity contribution in [1.29, 1.82) is 0 Å². The van der Waals surface area contributed by atoms with Gasteiger partial charge in [0.05, 0.1) is 18.7 Å². The summed E-state index contributed by atoms with van der Waals surface area (Å²) in [7, 11) is 1.21. The summed E-state index contributed by atoms with van der Waals surface area (Å²) < 4.78 is 30.7. The number of para-hydroxylation sites is 1. The Hall–Kier alpha value is -1.60. The van der Waals surface area contributed by atoms with Crippen LogP contribution in [0.2, 0.25) is 0 Å². The van der Waals surface area contributed by atoms with Crippen molar-refractivity contribution < 1.29 is 17.9 Å². The number of sulfonamides is 1. The fraction of sp³-hybridized carbons (Fsp3) is 0.500. The van der Waals surface area contributed by atoms with Crippen molar-refractivity contribution in [2.24, 2.45) is 0 Å². The van der Waals surface area contributed by atoms with Crippen molar-refractivity contribution in [2.75, 3.05) is 39.2 Å². The molecule has 0 saturated heterocycles. The van der Waals surface area contributed by atoms with Crippen LogP contribution in [0.1, 0.15) is 13.3 Å². The van der Waals surface area contributed by atoms with E-state index in [0.29, 0.717) is 18.8 Å². The van der Waals surface area contributed by atoms with Gasteiger partial charge in [-0.05, 0) is 19.1 Å². The lowest BCUT2D eigenvalue weighted by atomic mass is 10.3. The van der Waals surface area contributed by atoms with Crippen molar-refractivity contribution in [2.45, 2.75) is 18.2 Å². The topological polar surface area (TPSA) is 66.9 Å². The predicted octanol–water partition coefficient (Wildman–Crippen LogP) is 1.33. The predicted molar refractivity (Wildman–Crippen MR) is 81.8 cm³/mol. The van der Waals surface area contributed by atoms with Crippen LogP contribution in [-0.4, -0.2) is 53.0 Å². The number of hydrogen-bond donors (Lipinski definition) is 0. The first kappa shape index (κ1) is 17.5. The number of benzene rings is 1. The number of nitrogens with zero attached hydrogens (tertiary/aromatic N) is 2. The number of hydrogen-bond acceptors (Lipinski definition) is 5. The second kappa shape index (κ2) is 7.42. The highest BCUT2D eigenvalue weighted by atomic mass is 32.2. The van der Waals surface area contributed by atoms with E-state index >= 15 is 0 Å².